The zero-order valence-electron chi connectivity index (χ0n) is 14.0. The molecule has 1 amide bonds. The van der Waals surface area contributed by atoms with Crippen molar-refractivity contribution in [1.29, 1.82) is 0 Å². The molecule has 0 aliphatic heterocycles. The van der Waals surface area contributed by atoms with Crippen molar-refractivity contribution >= 4 is 33.9 Å². The molecule has 2 aromatic rings. The fourth-order valence-electron chi connectivity index (χ4n) is 2.08. The van der Waals surface area contributed by atoms with E-state index in [1.54, 1.807) is 30.3 Å². The Morgan fingerprint density at radius 3 is 2.56 bits per heavy atom. The van der Waals surface area contributed by atoms with Gasteiger partial charge in [0.1, 0.15) is 5.70 Å². The summed E-state index contributed by atoms with van der Waals surface area (Å²) in [6.45, 7) is 2.34. The number of halogens is 1. The number of carbonyl (C=O) groups excluding carboxylic acids is 2. The Morgan fingerprint density at radius 2 is 1.88 bits per heavy atom. The SMILES string of the molecule is CCCCOC(=O)/C(=C\c1cccc(Br)c1)NC(=O)c1ccccc1. The summed E-state index contributed by atoms with van der Waals surface area (Å²) in [6, 6.07) is 16.2. The Hall–Kier alpha value is -2.40. The summed E-state index contributed by atoms with van der Waals surface area (Å²) < 4.78 is 6.13. The van der Waals surface area contributed by atoms with Crippen molar-refractivity contribution in [2.24, 2.45) is 0 Å². The van der Waals surface area contributed by atoms with E-state index in [4.69, 9.17) is 4.74 Å². The molecule has 0 spiro atoms. The van der Waals surface area contributed by atoms with Gasteiger partial charge in [-0.1, -0.05) is 59.6 Å². The van der Waals surface area contributed by atoms with Gasteiger partial charge in [0.05, 0.1) is 6.61 Å². The van der Waals surface area contributed by atoms with Gasteiger partial charge in [-0.2, -0.15) is 0 Å². The van der Waals surface area contributed by atoms with Crippen molar-refractivity contribution in [3.63, 3.8) is 0 Å². The number of unbranched alkanes of at least 4 members (excludes halogenated alkanes) is 1. The molecular formula is C20H20BrNO3. The zero-order valence-corrected chi connectivity index (χ0v) is 15.6. The van der Waals surface area contributed by atoms with Crippen LogP contribution < -0.4 is 5.32 Å². The number of amides is 1. The van der Waals surface area contributed by atoms with Gasteiger partial charge in [-0.25, -0.2) is 4.79 Å². The number of esters is 1. The lowest BCUT2D eigenvalue weighted by molar-refractivity contribution is -0.139. The second-order valence-corrected chi connectivity index (χ2v) is 6.34. The van der Waals surface area contributed by atoms with E-state index in [0.29, 0.717) is 12.2 Å². The first kappa shape index (κ1) is 18.9. The maximum Gasteiger partial charge on any atom is 0.354 e. The molecule has 0 radical (unpaired) electrons. The molecule has 4 nitrogen and oxygen atoms in total. The summed E-state index contributed by atoms with van der Waals surface area (Å²) in [6.07, 6.45) is 3.32. The predicted molar refractivity (Wildman–Crippen MR) is 102 cm³/mol. The maximum absolute atomic E-state index is 12.4. The van der Waals surface area contributed by atoms with Crippen LogP contribution in [-0.2, 0) is 9.53 Å². The number of nitrogens with one attached hydrogen (secondary N) is 1. The molecule has 5 heteroatoms. The van der Waals surface area contributed by atoms with Gasteiger partial charge < -0.3 is 10.1 Å². The average Bonchev–Trinajstić information content (AvgIpc) is 2.62. The van der Waals surface area contributed by atoms with Gasteiger partial charge in [-0.3, -0.25) is 4.79 Å². The highest BCUT2D eigenvalue weighted by atomic mass is 79.9. The minimum Gasteiger partial charge on any atom is -0.461 e. The van der Waals surface area contributed by atoms with Gasteiger partial charge in [-0.05, 0) is 42.3 Å². The van der Waals surface area contributed by atoms with Crippen molar-refractivity contribution in [2.45, 2.75) is 19.8 Å². The second kappa shape index (κ2) is 9.79. The van der Waals surface area contributed by atoms with Gasteiger partial charge in [0.25, 0.3) is 5.91 Å². The molecule has 0 atom stereocenters. The topological polar surface area (TPSA) is 55.4 Å². The van der Waals surface area contributed by atoms with Gasteiger partial charge in [0.2, 0.25) is 0 Å². The Morgan fingerprint density at radius 1 is 1.12 bits per heavy atom. The Labute approximate surface area is 156 Å². The third-order valence-electron chi connectivity index (χ3n) is 3.39. The van der Waals surface area contributed by atoms with E-state index in [9.17, 15) is 9.59 Å². The average molecular weight is 402 g/mol. The van der Waals surface area contributed by atoms with Gasteiger partial charge in [0, 0.05) is 10.0 Å². The molecule has 0 saturated carbocycles. The molecule has 0 heterocycles. The van der Waals surface area contributed by atoms with E-state index >= 15 is 0 Å². The fourth-order valence-corrected chi connectivity index (χ4v) is 2.50. The molecule has 0 saturated heterocycles. The highest BCUT2D eigenvalue weighted by Crippen LogP contribution is 2.15. The first-order chi connectivity index (χ1) is 12.1. The standard InChI is InChI=1S/C20H20BrNO3/c1-2-3-12-25-20(24)18(14-15-8-7-11-17(21)13-15)22-19(23)16-9-5-4-6-10-16/h4-11,13-14H,2-3,12H2,1H3,(H,22,23)/b18-14+. The van der Waals surface area contributed by atoms with Crippen LogP contribution in [0.25, 0.3) is 6.08 Å². The molecule has 2 aromatic carbocycles. The fraction of sp³-hybridized carbons (Fsp3) is 0.200. The zero-order chi connectivity index (χ0) is 18.1. The molecule has 1 N–H and O–H groups in total. The van der Waals surface area contributed by atoms with E-state index < -0.39 is 5.97 Å². The summed E-state index contributed by atoms with van der Waals surface area (Å²) in [7, 11) is 0. The number of hydrogen-bond donors (Lipinski definition) is 1. The normalized spacial score (nSPS) is 11.0. The van der Waals surface area contributed by atoms with E-state index in [2.05, 4.69) is 21.2 Å². The van der Waals surface area contributed by atoms with E-state index in [1.807, 2.05) is 37.3 Å². The molecule has 2 rings (SSSR count). The van der Waals surface area contributed by atoms with Crippen molar-refractivity contribution in [3.05, 3.63) is 75.9 Å². The number of ether oxygens (including phenoxy) is 1. The van der Waals surface area contributed by atoms with Crippen molar-refractivity contribution in [1.82, 2.24) is 5.32 Å². The van der Waals surface area contributed by atoms with Crippen molar-refractivity contribution in [3.8, 4) is 0 Å². The minimum absolute atomic E-state index is 0.114. The van der Waals surface area contributed by atoms with Crippen LogP contribution in [0.4, 0.5) is 0 Å². The van der Waals surface area contributed by atoms with Gasteiger partial charge in [0.15, 0.2) is 0 Å². The van der Waals surface area contributed by atoms with Crippen molar-refractivity contribution in [2.75, 3.05) is 6.61 Å². The van der Waals surface area contributed by atoms with E-state index in [-0.39, 0.29) is 11.6 Å². The molecular weight excluding hydrogens is 382 g/mol. The van der Waals surface area contributed by atoms with Crippen LogP contribution in [0.5, 0.6) is 0 Å². The Bertz CT molecular complexity index is 757. The second-order valence-electron chi connectivity index (χ2n) is 5.42. The van der Waals surface area contributed by atoms with Gasteiger partial charge >= 0.3 is 5.97 Å². The summed E-state index contributed by atoms with van der Waals surface area (Å²) in [4.78, 5) is 24.7. The Balaban J connectivity index is 2.22. The molecule has 0 unspecified atom stereocenters. The largest absolute Gasteiger partial charge is 0.461 e. The third-order valence-corrected chi connectivity index (χ3v) is 3.89. The minimum atomic E-state index is -0.544. The Kier molecular flexibility index (Phi) is 7.41. The smallest absolute Gasteiger partial charge is 0.354 e. The third kappa shape index (κ3) is 6.19. The molecule has 0 fully saturated rings. The highest BCUT2D eigenvalue weighted by Gasteiger charge is 2.15. The van der Waals surface area contributed by atoms with Crippen LogP contribution in [0.1, 0.15) is 35.7 Å². The molecule has 25 heavy (non-hydrogen) atoms. The lowest BCUT2D eigenvalue weighted by Gasteiger charge is -2.10. The molecule has 130 valence electrons. The molecule has 0 bridgehead atoms. The highest BCUT2D eigenvalue weighted by molar-refractivity contribution is 9.10. The number of benzene rings is 2. The summed E-state index contributed by atoms with van der Waals surface area (Å²) in [5, 5.41) is 2.66. The predicted octanol–water partition coefficient (Wildman–Crippen LogP) is 4.56. The molecule has 0 aliphatic rings. The van der Waals surface area contributed by atoms with Crippen LogP contribution in [0.2, 0.25) is 0 Å². The lowest BCUT2D eigenvalue weighted by Crippen LogP contribution is -2.28. The molecule has 0 aromatic heterocycles. The van der Waals surface area contributed by atoms with Crippen LogP contribution in [0.3, 0.4) is 0 Å². The number of rotatable bonds is 7. The van der Waals surface area contributed by atoms with E-state index in [1.165, 1.54) is 0 Å². The first-order valence-electron chi connectivity index (χ1n) is 8.11. The maximum atomic E-state index is 12.4. The molecule has 0 aliphatic carbocycles. The summed E-state index contributed by atoms with van der Waals surface area (Å²) >= 11 is 3.40. The lowest BCUT2D eigenvalue weighted by atomic mass is 10.1. The van der Waals surface area contributed by atoms with Crippen molar-refractivity contribution < 1.29 is 14.3 Å². The van der Waals surface area contributed by atoms with Crippen LogP contribution in [-0.4, -0.2) is 18.5 Å². The van der Waals surface area contributed by atoms with Gasteiger partial charge in [-0.15, -0.1) is 0 Å². The number of carbonyl (C=O) groups is 2. The number of hydrogen-bond acceptors (Lipinski definition) is 3. The van der Waals surface area contributed by atoms with Crippen LogP contribution >= 0.6 is 15.9 Å². The quantitative estimate of drug-likeness (QED) is 0.420. The first-order valence-corrected chi connectivity index (χ1v) is 8.90. The summed E-state index contributed by atoms with van der Waals surface area (Å²) in [5.74, 6) is -0.896. The van der Waals surface area contributed by atoms with Crippen LogP contribution in [0, 0.1) is 0 Å². The summed E-state index contributed by atoms with van der Waals surface area (Å²) in [5.41, 5.74) is 1.37. The monoisotopic (exact) mass is 401 g/mol. The van der Waals surface area contributed by atoms with Crippen LogP contribution in [0.15, 0.2) is 64.8 Å². The van der Waals surface area contributed by atoms with E-state index in [0.717, 1.165) is 22.9 Å².